The summed E-state index contributed by atoms with van der Waals surface area (Å²) in [7, 11) is 0. The van der Waals surface area contributed by atoms with Gasteiger partial charge in [0.25, 0.3) is 0 Å². The minimum atomic E-state index is 0.108. The van der Waals surface area contributed by atoms with Gasteiger partial charge in [0.15, 0.2) is 0 Å². The highest BCUT2D eigenvalue weighted by Gasteiger charge is 1.97. The Balaban J connectivity index is 3.37. The third kappa shape index (κ3) is 7.10. The van der Waals surface area contributed by atoms with Crippen LogP contribution < -0.4 is 5.32 Å². The molecule has 0 spiro atoms. The van der Waals surface area contributed by atoms with Gasteiger partial charge in [0.1, 0.15) is 0 Å². The van der Waals surface area contributed by atoms with Gasteiger partial charge in [-0.05, 0) is 12.8 Å². The molecule has 0 aliphatic heterocycles. The lowest BCUT2D eigenvalue weighted by Gasteiger charge is -2.05. The Morgan fingerprint density at radius 1 is 1.55 bits per heavy atom. The average molecular weight is 155 g/mol. The van der Waals surface area contributed by atoms with Gasteiger partial charge in [-0.1, -0.05) is 26.0 Å². The molecule has 0 fully saturated rings. The predicted molar refractivity (Wildman–Crippen MR) is 47.3 cm³/mol. The molecular formula is C9H17NO. The topological polar surface area (TPSA) is 29.1 Å². The van der Waals surface area contributed by atoms with Gasteiger partial charge in [-0.15, -0.1) is 0 Å². The quantitative estimate of drug-likeness (QED) is 0.615. The molecular weight excluding hydrogens is 138 g/mol. The fourth-order valence-electron chi connectivity index (χ4n) is 0.615. The van der Waals surface area contributed by atoms with Crippen LogP contribution >= 0.6 is 0 Å². The molecule has 0 aromatic carbocycles. The zero-order valence-electron chi connectivity index (χ0n) is 7.55. The highest BCUT2D eigenvalue weighted by molar-refractivity contribution is 5.77. The number of nitrogens with one attached hydrogen (secondary N) is 1. The summed E-state index contributed by atoms with van der Waals surface area (Å²) in [5, 5.41) is 2.83. The fourth-order valence-corrected chi connectivity index (χ4v) is 0.615. The van der Waals surface area contributed by atoms with Gasteiger partial charge in [-0.25, -0.2) is 0 Å². The van der Waals surface area contributed by atoms with Crippen molar-refractivity contribution in [3.8, 4) is 0 Å². The minimum Gasteiger partial charge on any atom is -0.356 e. The van der Waals surface area contributed by atoms with Crippen LogP contribution in [0.5, 0.6) is 0 Å². The number of rotatable bonds is 4. The normalized spacial score (nSPS) is 10.9. The largest absolute Gasteiger partial charge is 0.356 e. The summed E-state index contributed by atoms with van der Waals surface area (Å²) in [6.07, 6.45) is 4.24. The average Bonchev–Trinajstić information content (AvgIpc) is 1.97. The molecule has 0 aromatic heterocycles. The Kier molecular flexibility index (Phi) is 5.53. The van der Waals surface area contributed by atoms with Crippen molar-refractivity contribution in [2.24, 2.45) is 5.92 Å². The van der Waals surface area contributed by atoms with E-state index in [0.29, 0.717) is 12.3 Å². The Morgan fingerprint density at radius 2 is 2.18 bits per heavy atom. The van der Waals surface area contributed by atoms with E-state index in [1.54, 1.807) is 0 Å². The molecule has 0 aliphatic rings. The summed E-state index contributed by atoms with van der Waals surface area (Å²) in [6.45, 7) is 6.85. The summed E-state index contributed by atoms with van der Waals surface area (Å²) in [4.78, 5) is 10.9. The van der Waals surface area contributed by atoms with Crippen LogP contribution in [-0.2, 0) is 4.79 Å². The molecule has 0 bridgehead atoms. The van der Waals surface area contributed by atoms with Crippen molar-refractivity contribution in [2.45, 2.75) is 27.2 Å². The molecule has 0 aromatic rings. The van der Waals surface area contributed by atoms with Gasteiger partial charge < -0.3 is 5.32 Å². The Hall–Kier alpha value is -0.790. The van der Waals surface area contributed by atoms with Crippen molar-refractivity contribution in [3.63, 3.8) is 0 Å². The molecule has 1 N–H and O–H groups in total. The molecule has 0 unspecified atom stereocenters. The van der Waals surface area contributed by atoms with E-state index in [1.165, 1.54) is 0 Å². The Morgan fingerprint density at radius 3 is 2.64 bits per heavy atom. The summed E-state index contributed by atoms with van der Waals surface area (Å²) in [5.41, 5.74) is 0. The molecule has 0 saturated heterocycles. The number of carbonyl (C=O) groups is 1. The zero-order chi connectivity index (χ0) is 8.69. The molecule has 0 saturated carbocycles. The van der Waals surface area contributed by atoms with Gasteiger partial charge in [-0.2, -0.15) is 0 Å². The molecule has 0 atom stereocenters. The number of carbonyl (C=O) groups excluding carboxylic acids is 1. The first-order valence-electron chi connectivity index (χ1n) is 4.04. The minimum absolute atomic E-state index is 0.108. The first kappa shape index (κ1) is 10.2. The predicted octanol–water partition coefficient (Wildman–Crippen LogP) is 1.72. The molecule has 0 rings (SSSR count). The SMILES string of the molecule is C/C=C\CC(=O)NCC(C)C. The van der Waals surface area contributed by atoms with Crippen LogP contribution in [0.25, 0.3) is 0 Å². The van der Waals surface area contributed by atoms with Crippen molar-refractivity contribution in [3.05, 3.63) is 12.2 Å². The van der Waals surface area contributed by atoms with E-state index in [4.69, 9.17) is 0 Å². The van der Waals surface area contributed by atoms with Crippen LogP contribution in [0.2, 0.25) is 0 Å². The van der Waals surface area contributed by atoms with Crippen LogP contribution in [0.1, 0.15) is 27.2 Å². The van der Waals surface area contributed by atoms with Crippen LogP contribution in [0.3, 0.4) is 0 Å². The third-order valence-electron chi connectivity index (χ3n) is 1.25. The summed E-state index contributed by atoms with van der Waals surface area (Å²) < 4.78 is 0. The highest BCUT2D eigenvalue weighted by Crippen LogP contribution is 1.88. The molecule has 1 amide bonds. The van der Waals surface area contributed by atoms with Crippen molar-refractivity contribution >= 4 is 5.91 Å². The van der Waals surface area contributed by atoms with Crippen molar-refractivity contribution in [1.29, 1.82) is 0 Å². The van der Waals surface area contributed by atoms with Crippen LogP contribution in [-0.4, -0.2) is 12.5 Å². The third-order valence-corrected chi connectivity index (χ3v) is 1.25. The maximum absolute atomic E-state index is 10.9. The summed E-state index contributed by atoms with van der Waals surface area (Å²) >= 11 is 0. The number of hydrogen-bond acceptors (Lipinski definition) is 1. The van der Waals surface area contributed by atoms with Gasteiger partial charge in [0, 0.05) is 13.0 Å². The second-order valence-electron chi connectivity index (χ2n) is 2.97. The summed E-state index contributed by atoms with van der Waals surface area (Å²) in [6, 6.07) is 0. The number of allylic oxidation sites excluding steroid dienone is 1. The van der Waals surface area contributed by atoms with Gasteiger partial charge >= 0.3 is 0 Å². The molecule has 0 heterocycles. The molecule has 2 heteroatoms. The van der Waals surface area contributed by atoms with E-state index in [-0.39, 0.29) is 5.91 Å². The Bertz CT molecular complexity index is 138. The highest BCUT2D eigenvalue weighted by atomic mass is 16.1. The molecule has 11 heavy (non-hydrogen) atoms. The molecule has 2 nitrogen and oxygen atoms in total. The second-order valence-corrected chi connectivity index (χ2v) is 2.97. The van der Waals surface area contributed by atoms with E-state index < -0.39 is 0 Å². The van der Waals surface area contributed by atoms with E-state index in [9.17, 15) is 4.79 Å². The summed E-state index contributed by atoms with van der Waals surface area (Å²) in [5.74, 6) is 0.640. The first-order chi connectivity index (χ1) is 5.16. The Labute approximate surface area is 68.7 Å². The fraction of sp³-hybridized carbons (Fsp3) is 0.667. The maximum Gasteiger partial charge on any atom is 0.223 e. The van der Waals surface area contributed by atoms with Crippen LogP contribution in [0.15, 0.2) is 12.2 Å². The lowest BCUT2D eigenvalue weighted by molar-refractivity contribution is -0.120. The standard InChI is InChI=1S/C9H17NO/c1-4-5-6-9(11)10-7-8(2)3/h4-5,8H,6-7H2,1-3H3,(H,10,11)/b5-4-. The lowest BCUT2D eigenvalue weighted by atomic mass is 10.2. The van der Waals surface area contributed by atoms with Crippen molar-refractivity contribution in [1.82, 2.24) is 5.32 Å². The van der Waals surface area contributed by atoms with E-state index in [1.807, 2.05) is 19.1 Å². The lowest BCUT2D eigenvalue weighted by Crippen LogP contribution is -2.26. The van der Waals surface area contributed by atoms with Gasteiger partial charge in [-0.3, -0.25) is 4.79 Å². The first-order valence-corrected chi connectivity index (χ1v) is 4.04. The second kappa shape index (κ2) is 5.96. The zero-order valence-corrected chi connectivity index (χ0v) is 7.55. The van der Waals surface area contributed by atoms with Crippen LogP contribution in [0.4, 0.5) is 0 Å². The molecule has 0 aliphatic carbocycles. The van der Waals surface area contributed by atoms with E-state index in [2.05, 4.69) is 19.2 Å². The number of hydrogen-bond donors (Lipinski definition) is 1. The smallest absolute Gasteiger partial charge is 0.223 e. The van der Waals surface area contributed by atoms with E-state index >= 15 is 0 Å². The molecule has 0 radical (unpaired) electrons. The van der Waals surface area contributed by atoms with Gasteiger partial charge in [0.05, 0.1) is 0 Å². The van der Waals surface area contributed by atoms with Gasteiger partial charge in [0.2, 0.25) is 5.91 Å². The van der Waals surface area contributed by atoms with Crippen LogP contribution in [0, 0.1) is 5.92 Å². The number of amides is 1. The van der Waals surface area contributed by atoms with E-state index in [0.717, 1.165) is 6.54 Å². The maximum atomic E-state index is 10.9. The van der Waals surface area contributed by atoms with Crippen molar-refractivity contribution in [2.75, 3.05) is 6.54 Å². The monoisotopic (exact) mass is 155 g/mol. The molecule has 64 valence electrons. The van der Waals surface area contributed by atoms with Crippen molar-refractivity contribution < 1.29 is 4.79 Å².